The molecule has 0 aromatic heterocycles. The predicted molar refractivity (Wildman–Crippen MR) is 64.6 cm³/mol. The van der Waals surface area contributed by atoms with E-state index >= 15 is 0 Å². The van der Waals surface area contributed by atoms with E-state index in [1.165, 1.54) is 0 Å². The summed E-state index contributed by atoms with van der Waals surface area (Å²) in [5.74, 6) is 0.0170. The van der Waals surface area contributed by atoms with Crippen LogP contribution in [0.1, 0.15) is 46.5 Å². The van der Waals surface area contributed by atoms with Crippen molar-refractivity contribution in [3.8, 4) is 0 Å². The van der Waals surface area contributed by atoms with Gasteiger partial charge in [-0.1, -0.05) is 32.8 Å². The van der Waals surface area contributed by atoms with E-state index in [4.69, 9.17) is 5.73 Å². The third-order valence-electron chi connectivity index (χ3n) is 2.39. The third-order valence-corrected chi connectivity index (χ3v) is 2.39. The van der Waals surface area contributed by atoms with Gasteiger partial charge >= 0.3 is 0 Å². The molecule has 0 heterocycles. The van der Waals surface area contributed by atoms with Crippen molar-refractivity contribution >= 4 is 5.91 Å². The number of hydrogen-bond donors (Lipinski definition) is 2. The molecule has 88 valence electrons. The number of carbonyl (C=O) groups is 1. The second kappa shape index (κ2) is 8.48. The summed E-state index contributed by atoms with van der Waals surface area (Å²) in [5, 5.41) is 2.95. The Morgan fingerprint density at radius 2 is 2.13 bits per heavy atom. The van der Waals surface area contributed by atoms with Gasteiger partial charge in [0, 0.05) is 18.2 Å². The SMILES string of the molecule is CCC=C(C)C(=O)NC(CN)CCCC. The molecular weight excluding hydrogens is 188 g/mol. The first-order chi connectivity index (χ1) is 7.15. The average molecular weight is 212 g/mol. The second-order valence-corrected chi connectivity index (χ2v) is 3.84. The molecule has 0 fully saturated rings. The van der Waals surface area contributed by atoms with Gasteiger partial charge < -0.3 is 11.1 Å². The van der Waals surface area contributed by atoms with Crippen LogP contribution in [0.3, 0.4) is 0 Å². The maximum atomic E-state index is 11.6. The lowest BCUT2D eigenvalue weighted by atomic mass is 10.1. The van der Waals surface area contributed by atoms with Crippen LogP contribution in [0.5, 0.6) is 0 Å². The van der Waals surface area contributed by atoms with Crippen LogP contribution < -0.4 is 11.1 Å². The van der Waals surface area contributed by atoms with Gasteiger partial charge in [-0.3, -0.25) is 4.79 Å². The highest BCUT2D eigenvalue weighted by atomic mass is 16.1. The van der Waals surface area contributed by atoms with Crippen molar-refractivity contribution in [2.75, 3.05) is 6.54 Å². The molecule has 1 amide bonds. The number of allylic oxidation sites excluding steroid dienone is 1. The maximum Gasteiger partial charge on any atom is 0.246 e. The Morgan fingerprint density at radius 1 is 1.47 bits per heavy atom. The van der Waals surface area contributed by atoms with Gasteiger partial charge in [0.05, 0.1) is 0 Å². The standard InChI is InChI=1S/C12H24N2O/c1-4-6-8-11(9-13)14-12(15)10(3)7-5-2/h7,11H,4-6,8-9,13H2,1-3H3,(H,14,15). The molecule has 0 aliphatic rings. The summed E-state index contributed by atoms with van der Waals surface area (Å²) < 4.78 is 0. The van der Waals surface area contributed by atoms with Gasteiger partial charge in [-0.2, -0.15) is 0 Å². The Morgan fingerprint density at radius 3 is 2.60 bits per heavy atom. The van der Waals surface area contributed by atoms with Crippen LogP contribution in [0, 0.1) is 0 Å². The van der Waals surface area contributed by atoms with Gasteiger partial charge in [0.2, 0.25) is 5.91 Å². The molecule has 0 saturated carbocycles. The van der Waals surface area contributed by atoms with Gasteiger partial charge in [-0.15, -0.1) is 0 Å². The summed E-state index contributed by atoms with van der Waals surface area (Å²) >= 11 is 0. The van der Waals surface area contributed by atoms with E-state index < -0.39 is 0 Å². The monoisotopic (exact) mass is 212 g/mol. The molecule has 0 spiro atoms. The summed E-state index contributed by atoms with van der Waals surface area (Å²) in [6.07, 6.45) is 6.04. The minimum Gasteiger partial charge on any atom is -0.348 e. The number of nitrogens with one attached hydrogen (secondary N) is 1. The average Bonchev–Trinajstić information content (AvgIpc) is 2.24. The van der Waals surface area contributed by atoms with Crippen LogP contribution in [0.2, 0.25) is 0 Å². The van der Waals surface area contributed by atoms with Gasteiger partial charge in [0.1, 0.15) is 0 Å². The summed E-state index contributed by atoms with van der Waals surface area (Å²) in [7, 11) is 0. The molecule has 0 saturated heterocycles. The van der Waals surface area contributed by atoms with Gasteiger partial charge in [-0.05, 0) is 19.8 Å². The normalized spacial score (nSPS) is 13.7. The molecule has 3 heteroatoms. The molecule has 1 unspecified atom stereocenters. The molecule has 0 bridgehead atoms. The Bertz CT molecular complexity index is 212. The molecule has 0 radical (unpaired) electrons. The van der Waals surface area contributed by atoms with Crippen molar-refractivity contribution in [3.63, 3.8) is 0 Å². The highest BCUT2D eigenvalue weighted by molar-refractivity contribution is 5.92. The number of amides is 1. The third kappa shape index (κ3) is 6.28. The summed E-state index contributed by atoms with van der Waals surface area (Å²) in [6, 6.07) is 0.123. The first-order valence-electron chi connectivity index (χ1n) is 5.83. The quantitative estimate of drug-likeness (QED) is 0.634. The summed E-state index contributed by atoms with van der Waals surface area (Å²) in [4.78, 5) is 11.6. The van der Waals surface area contributed by atoms with Crippen LogP contribution >= 0.6 is 0 Å². The topological polar surface area (TPSA) is 55.1 Å². The summed E-state index contributed by atoms with van der Waals surface area (Å²) in [5.41, 5.74) is 6.39. The molecule has 0 aliphatic heterocycles. The number of unbranched alkanes of at least 4 members (excludes halogenated alkanes) is 1. The number of hydrogen-bond acceptors (Lipinski definition) is 2. The van der Waals surface area contributed by atoms with Crippen LogP contribution in [0.25, 0.3) is 0 Å². The second-order valence-electron chi connectivity index (χ2n) is 3.84. The Labute approximate surface area is 93.1 Å². The van der Waals surface area contributed by atoms with E-state index in [1.54, 1.807) is 0 Å². The highest BCUT2D eigenvalue weighted by Gasteiger charge is 2.10. The fourth-order valence-electron chi connectivity index (χ4n) is 1.40. The van der Waals surface area contributed by atoms with Crippen LogP contribution in [0.15, 0.2) is 11.6 Å². The minimum absolute atomic E-state index is 0.0170. The van der Waals surface area contributed by atoms with E-state index in [9.17, 15) is 4.79 Å². The zero-order chi connectivity index (χ0) is 11.7. The van der Waals surface area contributed by atoms with Crippen LogP contribution in [-0.4, -0.2) is 18.5 Å². The number of carbonyl (C=O) groups excluding carboxylic acids is 1. The molecule has 1 atom stereocenters. The Balaban J connectivity index is 4.06. The molecule has 15 heavy (non-hydrogen) atoms. The first-order valence-corrected chi connectivity index (χ1v) is 5.83. The lowest BCUT2D eigenvalue weighted by Crippen LogP contribution is -2.40. The van der Waals surface area contributed by atoms with Crippen molar-refractivity contribution in [3.05, 3.63) is 11.6 Å². The smallest absolute Gasteiger partial charge is 0.246 e. The van der Waals surface area contributed by atoms with E-state index in [0.29, 0.717) is 6.54 Å². The predicted octanol–water partition coefficient (Wildman–Crippen LogP) is 1.98. The molecule has 0 aromatic carbocycles. The Kier molecular flexibility index (Phi) is 8.01. The van der Waals surface area contributed by atoms with E-state index in [2.05, 4.69) is 12.2 Å². The van der Waals surface area contributed by atoms with E-state index in [-0.39, 0.29) is 11.9 Å². The number of nitrogens with two attached hydrogens (primary N) is 1. The maximum absolute atomic E-state index is 11.6. The van der Waals surface area contributed by atoms with Crippen LogP contribution in [0.4, 0.5) is 0 Å². The van der Waals surface area contributed by atoms with Crippen molar-refractivity contribution in [1.82, 2.24) is 5.32 Å². The lowest BCUT2D eigenvalue weighted by Gasteiger charge is -2.16. The van der Waals surface area contributed by atoms with Crippen molar-refractivity contribution in [1.29, 1.82) is 0 Å². The van der Waals surface area contributed by atoms with Gasteiger partial charge in [0.25, 0.3) is 0 Å². The van der Waals surface area contributed by atoms with E-state index in [0.717, 1.165) is 31.3 Å². The van der Waals surface area contributed by atoms with Crippen LogP contribution in [-0.2, 0) is 4.79 Å². The molecule has 0 aromatic rings. The molecular formula is C12H24N2O. The zero-order valence-electron chi connectivity index (χ0n) is 10.2. The molecule has 0 rings (SSSR count). The Hall–Kier alpha value is -0.830. The first kappa shape index (κ1) is 14.2. The molecule has 3 N–H and O–H groups in total. The van der Waals surface area contributed by atoms with E-state index in [1.807, 2.05) is 19.9 Å². The van der Waals surface area contributed by atoms with Gasteiger partial charge in [0.15, 0.2) is 0 Å². The van der Waals surface area contributed by atoms with Crippen molar-refractivity contribution < 1.29 is 4.79 Å². The molecule has 0 aliphatic carbocycles. The van der Waals surface area contributed by atoms with Gasteiger partial charge in [-0.25, -0.2) is 0 Å². The lowest BCUT2D eigenvalue weighted by molar-refractivity contribution is -0.118. The fourth-order valence-corrected chi connectivity index (χ4v) is 1.40. The largest absolute Gasteiger partial charge is 0.348 e. The van der Waals surface area contributed by atoms with Crippen molar-refractivity contribution in [2.45, 2.75) is 52.5 Å². The zero-order valence-corrected chi connectivity index (χ0v) is 10.2. The highest BCUT2D eigenvalue weighted by Crippen LogP contribution is 2.01. The van der Waals surface area contributed by atoms with Crippen molar-refractivity contribution in [2.24, 2.45) is 5.73 Å². The fraction of sp³-hybridized carbons (Fsp3) is 0.750. The molecule has 3 nitrogen and oxygen atoms in total. The minimum atomic E-state index is 0.0170. The number of rotatable bonds is 7. The summed E-state index contributed by atoms with van der Waals surface area (Å²) in [6.45, 7) is 6.52.